The first-order valence-corrected chi connectivity index (χ1v) is 29.2. The summed E-state index contributed by atoms with van der Waals surface area (Å²) in [7, 11) is 0. The Kier molecular flexibility index (Phi) is 46.8. The summed E-state index contributed by atoms with van der Waals surface area (Å²) in [6.45, 7) is 5.63. The molecule has 12 heteroatoms. The highest BCUT2D eigenvalue weighted by Gasteiger charge is 2.50. The largest absolute Gasteiger partial charge is 0.479 e. The van der Waals surface area contributed by atoms with Crippen LogP contribution in [0.25, 0.3) is 0 Å². The number of aliphatic hydroxyl groups excluding tert-OH is 2. The third-order valence-electron chi connectivity index (χ3n) is 12.2. The molecule has 6 atom stereocenters. The monoisotopic (exact) mass is 1070 g/mol. The molecular weight excluding hydrogens is 973 g/mol. The molecule has 0 radical (unpaired) electrons. The Hall–Kier alpha value is -5.14. The minimum atomic E-state index is -1.94. The molecule has 1 rings (SSSR count). The van der Waals surface area contributed by atoms with Gasteiger partial charge in [-0.15, -0.1) is 0 Å². The lowest BCUT2D eigenvalue weighted by atomic mass is 9.98. The molecule has 6 unspecified atom stereocenters. The van der Waals surface area contributed by atoms with E-state index in [0.717, 1.165) is 109 Å². The molecule has 0 aromatic carbocycles. The third-order valence-corrected chi connectivity index (χ3v) is 12.2. The molecule has 1 heterocycles. The molecule has 1 fully saturated rings. The van der Waals surface area contributed by atoms with Gasteiger partial charge in [0.1, 0.15) is 18.8 Å². The van der Waals surface area contributed by atoms with Crippen molar-refractivity contribution in [3.8, 4) is 0 Å². The van der Waals surface area contributed by atoms with Crippen molar-refractivity contribution in [2.45, 2.75) is 237 Å². The Morgan fingerprint density at radius 1 is 0.442 bits per heavy atom. The molecule has 1 aliphatic rings. The smallest absolute Gasteiger partial charge is 0.335 e. The van der Waals surface area contributed by atoms with Crippen LogP contribution < -0.4 is 0 Å². The van der Waals surface area contributed by atoms with Crippen molar-refractivity contribution in [3.63, 3.8) is 0 Å². The summed E-state index contributed by atoms with van der Waals surface area (Å²) in [6, 6.07) is 0. The van der Waals surface area contributed by atoms with Gasteiger partial charge < -0.3 is 39.0 Å². The van der Waals surface area contributed by atoms with Gasteiger partial charge in [-0.2, -0.15) is 0 Å². The molecule has 432 valence electrons. The molecule has 1 aliphatic heterocycles. The second-order valence-corrected chi connectivity index (χ2v) is 19.2. The molecule has 0 saturated carbocycles. The van der Waals surface area contributed by atoms with Gasteiger partial charge >= 0.3 is 23.9 Å². The highest BCUT2D eigenvalue weighted by molar-refractivity contribution is 5.74. The fourth-order valence-electron chi connectivity index (χ4n) is 7.80. The van der Waals surface area contributed by atoms with Crippen molar-refractivity contribution in [1.82, 2.24) is 0 Å². The summed E-state index contributed by atoms with van der Waals surface area (Å²) in [6.07, 6.45) is 60.2. The number of ether oxygens (including phenoxy) is 5. The molecule has 77 heavy (non-hydrogen) atoms. The Bertz CT molecular complexity index is 1850. The molecule has 3 N–H and O–H groups in total. The molecule has 0 aromatic rings. The maximum atomic E-state index is 13.2. The number of carboxylic acid groups (broad SMARTS) is 1. The summed E-state index contributed by atoms with van der Waals surface area (Å²) >= 11 is 0. The number of esters is 3. The van der Waals surface area contributed by atoms with E-state index < -0.39 is 67.3 Å². The van der Waals surface area contributed by atoms with Crippen molar-refractivity contribution in [2.75, 3.05) is 13.2 Å². The Morgan fingerprint density at radius 3 is 1.34 bits per heavy atom. The van der Waals surface area contributed by atoms with E-state index in [-0.39, 0.29) is 25.9 Å². The number of carbonyl (C=O) groups is 4. The van der Waals surface area contributed by atoms with E-state index in [1.165, 1.54) is 19.3 Å². The molecule has 12 nitrogen and oxygen atoms in total. The summed E-state index contributed by atoms with van der Waals surface area (Å²) in [4.78, 5) is 51.1. The third kappa shape index (κ3) is 41.6. The predicted octanol–water partition coefficient (Wildman–Crippen LogP) is 15.0. The van der Waals surface area contributed by atoms with Gasteiger partial charge in [0.2, 0.25) is 0 Å². The number of aliphatic carboxylic acids is 1. The van der Waals surface area contributed by atoms with Crippen LogP contribution in [0.15, 0.2) is 134 Å². The Labute approximate surface area is 464 Å². The van der Waals surface area contributed by atoms with Gasteiger partial charge in [0.05, 0.1) is 6.61 Å². The number of rotatable bonds is 47. The van der Waals surface area contributed by atoms with Crippen LogP contribution >= 0.6 is 0 Å². The minimum absolute atomic E-state index is 0.0743. The zero-order valence-corrected chi connectivity index (χ0v) is 47.4. The van der Waals surface area contributed by atoms with Gasteiger partial charge in [0.15, 0.2) is 24.6 Å². The Balaban J connectivity index is 2.78. The van der Waals surface area contributed by atoms with Gasteiger partial charge in [-0.05, 0) is 116 Å². The second kappa shape index (κ2) is 51.6. The number of unbranched alkanes of at least 4 members (excludes halogenated alkanes) is 11. The van der Waals surface area contributed by atoms with Crippen molar-refractivity contribution in [2.24, 2.45) is 0 Å². The number of aliphatic hydroxyl groups is 2. The standard InChI is InChI=1S/C65H100O12/c1-4-7-10-13-16-19-22-25-27-29-31-34-36-39-42-45-48-51-57(66)73-54-56(75-58(67)52-49-46-43-40-38-35-32-30-28-26-23-20-17-14-11-8-5-2)55-74-65-63(61(70)60(69)62(77-65)64(71)72)76-59(68)53-50-47-44-41-37-33-24-21-18-15-12-9-6-3/h7,9-10,12,16-21,25-28,31,33-34,37,39,42,44,47,56,60-63,65,69-70H,4-6,8,11,13-15,22-24,29-30,32,35-36,38,40-41,43,45-46,48-55H2,1-3H3,(H,71,72)/b10-7-,12-9-,19-16-,20-17-,21-18-,27-25-,28-26-,34-31-,37-33-,42-39-,47-44-. The lowest BCUT2D eigenvalue weighted by Crippen LogP contribution is -2.61. The number of hydrogen-bond acceptors (Lipinski definition) is 11. The van der Waals surface area contributed by atoms with E-state index in [2.05, 4.69) is 130 Å². The summed E-state index contributed by atoms with van der Waals surface area (Å²) in [5.41, 5.74) is 0. The van der Waals surface area contributed by atoms with Crippen LogP contribution in [-0.2, 0) is 42.9 Å². The van der Waals surface area contributed by atoms with Crippen LogP contribution in [0.5, 0.6) is 0 Å². The highest BCUT2D eigenvalue weighted by atomic mass is 16.7. The van der Waals surface area contributed by atoms with Gasteiger partial charge in [-0.25, -0.2) is 4.79 Å². The maximum absolute atomic E-state index is 13.2. The van der Waals surface area contributed by atoms with E-state index in [0.29, 0.717) is 32.1 Å². The molecule has 0 bridgehead atoms. The van der Waals surface area contributed by atoms with Gasteiger partial charge in [0, 0.05) is 19.3 Å². The Morgan fingerprint density at radius 2 is 0.857 bits per heavy atom. The van der Waals surface area contributed by atoms with E-state index in [9.17, 15) is 34.5 Å². The highest BCUT2D eigenvalue weighted by Crippen LogP contribution is 2.26. The van der Waals surface area contributed by atoms with Gasteiger partial charge in [-0.1, -0.05) is 199 Å². The fourth-order valence-corrected chi connectivity index (χ4v) is 7.80. The minimum Gasteiger partial charge on any atom is -0.479 e. The number of hydrogen-bond donors (Lipinski definition) is 3. The normalized spacial score (nSPS) is 19.0. The maximum Gasteiger partial charge on any atom is 0.335 e. The van der Waals surface area contributed by atoms with E-state index in [4.69, 9.17) is 23.7 Å². The summed E-state index contributed by atoms with van der Waals surface area (Å²) < 4.78 is 28.2. The number of carboxylic acids is 1. The quantitative estimate of drug-likeness (QED) is 0.0228. The first-order valence-electron chi connectivity index (χ1n) is 29.2. The van der Waals surface area contributed by atoms with Crippen LogP contribution in [0.4, 0.5) is 0 Å². The van der Waals surface area contributed by atoms with E-state index in [1.807, 2.05) is 24.3 Å². The second-order valence-electron chi connectivity index (χ2n) is 19.2. The molecule has 0 aliphatic carbocycles. The van der Waals surface area contributed by atoms with Crippen molar-refractivity contribution >= 4 is 23.9 Å². The lowest BCUT2D eigenvalue weighted by molar-refractivity contribution is -0.301. The SMILES string of the molecule is CC/C=C\C/C=C\C/C=C\C/C=C\C/C=C\CCCC(=O)OCC(COC1OC(C(=O)O)C(O)C(O)C1OC(=O)CC/C=C\C/C=C\C/C=C\C/C=C\CC)OC(=O)CCCCCCCCC/C=C\C/C=C\CCCCC. The zero-order valence-electron chi connectivity index (χ0n) is 47.4. The van der Waals surface area contributed by atoms with Crippen molar-refractivity contribution in [3.05, 3.63) is 134 Å². The molecule has 1 saturated heterocycles. The molecule has 0 spiro atoms. The van der Waals surface area contributed by atoms with Gasteiger partial charge in [0.25, 0.3) is 0 Å². The topological polar surface area (TPSA) is 175 Å². The summed E-state index contributed by atoms with van der Waals surface area (Å²) in [5.74, 6) is -3.34. The lowest BCUT2D eigenvalue weighted by Gasteiger charge is -2.40. The average Bonchev–Trinajstić information content (AvgIpc) is 3.42. The fraction of sp³-hybridized carbons (Fsp3) is 0.600. The van der Waals surface area contributed by atoms with E-state index in [1.54, 1.807) is 0 Å². The van der Waals surface area contributed by atoms with Gasteiger partial charge in [-0.3, -0.25) is 14.4 Å². The number of allylic oxidation sites excluding steroid dienone is 22. The molecule has 0 amide bonds. The van der Waals surface area contributed by atoms with Crippen molar-refractivity contribution < 1.29 is 58.2 Å². The van der Waals surface area contributed by atoms with Crippen LogP contribution in [0.3, 0.4) is 0 Å². The van der Waals surface area contributed by atoms with Crippen LogP contribution in [0.1, 0.15) is 201 Å². The zero-order chi connectivity index (χ0) is 56.1. The average molecular weight is 1070 g/mol. The molecular formula is C65H100O12. The van der Waals surface area contributed by atoms with Crippen molar-refractivity contribution in [1.29, 1.82) is 0 Å². The molecule has 0 aromatic heterocycles. The summed E-state index contributed by atoms with van der Waals surface area (Å²) in [5, 5.41) is 31.4. The number of carbonyl (C=O) groups excluding carboxylic acids is 3. The van der Waals surface area contributed by atoms with Crippen LogP contribution in [0, 0.1) is 0 Å². The predicted molar refractivity (Wildman–Crippen MR) is 312 cm³/mol. The van der Waals surface area contributed by atoms with Crippen LogP contribution in [0.2, 0.25) is 0 Å². The van der Waals surface area contributed by atoms with Crippen LogP contribution in [-0.4, -0.2) is 89.2 Å². The van der Waals surface area contributed by atoms with E-state index >= 15 is 0 Å². The first kappa shape index (κ1) is 69.9. The first-order chi connectivity index (χ1) is 37.6.